The Balaban J connectivity index is 0.000000291. The zero-order valence-corrected chi connectivity index (χ0v) is 35.1. The van der Waals surface area contributed by atoms with Crippen molar-refractivity contribution < 1.29 is 55.1 Å². The van der Waals surface area contributed by atoms with Gasteiger partial charge in [0.2, 0.25) is 0 Å². The standard InChI is InChI=1S/C27H19N2OS.C18H15P.2CO.Fe.HI/c1-31-22-8-2-5-20(14-22)23-9-3-6-18-13-19-7-4-10-24(26(19)15-25(18)23)21-11-12-27(28-16-21)29-17-30;1-4-10-16(11-5-1)19(17-12-6-2-7-13-17)18-14-8-3-9-15-18;2*1-2;;/h2-16H,1H3,(H,28,29,30);1-15H;;;;1H/q-1;;;;+2;/p-1. The minimum atomic E-state index is -0.446. The van der Waals surface area contributed by atoms with Gasteiger partial charge >= 0.3 is 39.7 Å². The molecule has 0 aliphatic heterocycles. The van der Waals surface area contributed by atoms with E-state index >= 15 is 0 Å². The number of nitrogens with zero attached hydrogens (tertiary/aromatic N) is 1. The fraction of sp³-hybridized carbons (Fsp3) is 0.0213. The van der Waals surface area contributed by atoms with Crippen molar-refractivity contribution in [3.63, 3.8) is 0 Å². The molecule has 0 saturated carbocycles. The summed E-state index contributed by atoms with van der Waals surface area (Å²) in [6, 6.07) is 62.1. The van der Waals surface area contributed by atoms with Gasteiger partial charge in [-0.25, -0.2) is 0 Å². The zero-order chi connectivity index (χ0) is 38.1. The van der Waals surface area contributed by atoms with E-state index < -0.39 is 7.92 Å². The third-order valence-electron chi connectivity index (χ3n) is 8.56. The van der Waals surface area contributed by atoms with E-state index in [0.29, 0.717) is 5.82 Å². The van der Waals surface area contributed by atoms with Crippen LogP contribution in [0.5, 0.6) is 0 Å². The molecular weight excluding hydrogens is 886 g/mol. The van der Waals surface area contributed by atoms with Gasteiger partial charge in [0.15, 0.2) is 0 Å². The number of fused-ring (bicyclic) bond motifs is 2. The molecular formula is C47H34FeIN2O3PS. The Morgan fingerprint density at radius 1 is 0.571 bits per heavy atom. The Bertz CT molecular complexity index is 2370. The van der Waals surface area contributed by atoms with Crippen molar-refractivity contribution in [3.8, 4) is 22.3 Å². The molecule has 1 aromatic heterocycles. The van der Waals surface area contributed by atoms with Crippen LogP contribution in [0.1, 0.15) is 0 Å². The van der Waals surface area contributed by atoms with E-state index in [1.807, 2.05) is 6.07 Å². The van der Waals surface area contributed by atoms with Crippen LogP contribution in [0.25, 0.3) is 43.8 Å². The molecule has 0 spiro atoms. The van der Waals surface area contributed by atoms with Crippen LogP contribution in [0.3, 0.4) is 0 Å². The summed E-state index contributed by atoms with van der Waals surface area (Å²) in [6.45, 7) is 9.00. The number of halogens is 1. The molecule has 0 fully saturated rings. The molecule has 0 saturated heterocycles. The average molecular weight is 921 g/mol. The number of amides is 1. The summed E-state index contributed by atoms with van der Waals surface area (Å²) >= 11 is 1.75. The van der Waals surface area contributed by atoms with Gasteiger partial charge in [-0.1, -0.05) is 146 Å². The predicted molar refractivity (Wildman–Crippen MR) is 224 cm³/mol. The van der Waals surface area contributed by atoms with Crippen LogP contribution >= 0.6 is 19.7 Å². The minimum absolute atomic E-state index is 0. The van der Waals surface area contributed by atoms with Crippen molar-refractivity contribution in [1.29, 1.82) is 0 Å². The first kappa shape index (κ1) is 45.6. The maximum absolute atomic E-state index is 10.5. The van der Waals surface area contributed by atoms with Gasteiger partial charge in [0.05, 0.1) is 6.41 Å². The second kappa shape index (κ2) is 24.0. The van der Waals surface area contributed by atoms with E-state index in [2.05, 4.69) is 194 Å². The van der Waals surface area contributed by atoms with Crippen molar-refractivity contribution in [2.24, 2.45) is 0 Å². The molecule has 1 N–H and O–H groups in total. The van der Waals surface area contributed by atoms with Crippen LogP contribution < -0.4 is 45.2 Å². The van der Waals surface area contributed by atoms with Gasteiger partial charge in [-0.05, 0) is 104 Å². The van der Waals surface area contributed by atoms with Crippen molar-refractivity contribution in [1.82, 2.24) is 4.98 Å². The molecule has 276 valence electrons. The van der Waals surface area contributed by atoms with Crippen molar-refractivity contribution in [3.05, 3.63) is 195 Å². The Morgan fingerprint density at radius 3 is 1.50 bits per heavy atom. The zero-order valence-electron chi connectivity index (χ0n) is 30.1. The molecule has 0 unspecified atom stereocenters. The van der Waals surface area contributed by atoms with Gasteiger partial charge in [0.1, 0.15) is 0 Å². The molecule has 1 amide bonds. The molecule has 5 nitrogen and oxygen atoms in total. The van der Waals surface area contributed by atoms with Crippen LogP contribution in [0.15, 0.2) is 187 Å². The van der Waals surface area contributed by atoms with Crippen LogP contribution in [-0.4, -0.2) is 17.6 Å². The molecule has 0 aliphatic carbocycles. The fourth-order valence-electron chi connectivity index (χ4n) is 6.20. The Hall–Kier alpha value is -4.81. The number of hydrogen-bond donors (Lipinski definition) is 1. The molecule has 9 heteroatoms. The second-order valence-corrected chi connectivity index (χ2v) is 14.7. The van der Waals surface area contributed by atoms with Gasteiger partial charge in [-0.3, -0.25) is 0 Å². The van der Waals surface area contributed by atoms with Crippen molar-refractivity contribution in [2.75, 3.05) is 11.6 Å². The minimum Gasteiger partial charge on any atom is -1.00 e. The monoisotopic (exact) mass is 920 g/mol. The number of nitrogens with one attached hydrogen (secondary N) is 1. The summed E-state index contributed by atoms with van der Waals surface area (Å²) in [5.74, 6) is 0.486. The number of aromatic nitrogens is 1. The molecule has 8 aromatic rings. The number of pyridine rings is 1. The smallest absolute Gasteiger partial charge is 1.00 e. The maximum atomic E-state index is 10.5. The Morgan fingerprint density at radius 2 is 1.05 bits per heavy atom. The molecule has 0 radical (unpaired) electrons. The van der Waals surface area contributed by atoms with E-state index in [4.69, 9.17) is 9.30 Å². The van der Waals surface area contributed by atoms with Crippen LogP contribution in [0.4, 0.5) is 5.82 Å². The first-order valence-corrected chi connectivity index (χ1v) is 19.3. The normalized spacial score (nSPS) is 9.75. The molecule has 0 bridgehead atoms. The maximum Gasteiger partial charge on any atom is 2.00 e. The summed E-state index contributed by atoms with van der Waals surface area (Å²) in [5.41, 5.74) is 4.56. The summed E-state index contributed by atoms with van der Waals surface area (Å²) in [7, 11) is -0.446. The average Bonchev–Trinajstić information content (AvgIpc) is 3.26. The van der Waals surface area contributed by atoms with E-state index in [1.165, 1.54) is 53.5 Å². The van der Waals surface area contributed by atoms with Gasteiger partial charge in [0.25, 0.3) is 0 Å². The van der Waals surface area contributed by atoms with Crippen molar-refractivity contribution in [2.45, 2.75) is 4.90 Å². The summed E-state index contributed by atoms with van der Waals surface area (Å²) < 4.78 is 15.0. The van der Waals surface area contributed by atoms with E-state index in [9.17, 15) is 4.79 Å². The van der Waals surface area contributed by atoms with E-state index in [0.717, 1.165) is 11.1 Å². The largest absolute Gasteiger partial charge is 2.00 e. The summed E-state index contributed by atoms with van der Waals surface area (Å²) in [5, 5.41) is 11.5. The quantitative estimate of drug-likeness (QED) is 0.0254. The van der Waals surface area contributed by atoms with Gasteiger partial charge in [-0.15, -0.1) is 17.8 Å². The van der Waals surface area contributed by atoms with Crippen molar-refractivity contribution >= 4 is 69.4 Å². The van der Waals surface area contributed by atoms with Gasteiger partial charge in [-0.2, -0.15) is 0 Å². The number of thioether (sulfide) groups is 1. The van der Waals surface area contributed by atoms with Gasteiger partial charge < -0.3 is 39.1 Å². The molecule has 0 aliphatic rings. The Kier molecular flexibility index (Phi) is 19.5. The molecule has 0 atom stereocenters. The van der Waals surface area contributed by atoms with E-state index in [-0.39, 0.29) is 41.0 Å². The molecule has 56 heavy (non-hydrogen) atoms. The summed E-state index contributed by atoms with van der Waals surface area (Å²) in [4.78, 5) is 16.1. The summed E-state index contributed by atoms with van der Waals surface area (Å²) in [6.07, 6.45) is 5.54. The number of carbonyl (C=O) groups excluding carboxylic acids is 1. The topological polar surface area (TPSA) is 81.8 Å². The van der Waals surface area contributed by atoms with E-state index in [1.54, 1.807) is 30.4 Å². The Labute approximate surface area is 361 Å². The fourth-order valence-corrected chi connectivity index (χ4v) is 8.97. The third kappa shape index (κ3) is 11.4. The number of anilines is 1. The first-order chi connectivity index (χ1) is 26.7. The molecule has 1 heterocycles. The first-order valence-electron chi connectivity index (χ1n) is 16.8. The van der Waals surface area contributed by atoms with Gasteiger partial charge in [0, 0.05) is 11.1 Å². The number of hydrogen-bond acceptors (Lipinski definition) is 3. The molecule has 7 aromatic carbocycles. The molecule has 8 rings (SSSR count). The predicted octanol–water partition coefficient (Wildman–Crippen LogP) is 7.29. The van der Waals surface area contributed by atoms with Crippen LogP contribution in [0.2, 0.25) is 0 Å². The number of rotatable bonds is 8. The SMILES string of the molecule is CSc1cccc(-c2cccc3cc4cccc(-c5ccc(N[C-]=O)nc5)c4cc23)c1.[C-]#[O+].[C-]#[O+].[Fe+2].[I-].c1ccc(P(c2ccccc2)c2ccccc2)cc1. The number of benzene rings is 7. The van der Waals surface area contributed by atoms with Crippen LogP contribution in [-0.2, 0) is 31.2 Å². The van der Waals surface area contributed by atoms with Crippen LogP contribution in [0, 0.1) is 13.3 Å². The third-order valence-corrected chi connectivity index (χ3v) is 11.7. The second-order valence-electron chi connectivity index (χ2n) is 11.6.